The third kappa shape index (κ3) is 4.66. The first-order chi connectivity index (χ1) is 14.6. The van der Waals surface area contributed by atoms with Gasteiger partial charge in [0.05, 0.1) is 0 Å². The number of benzene rings is 1. The van der Waals surface area contributed by atoms with Crippen LogP contribution in [0.1, 0.15) is 55.4 Å². The van der Waals surface area contributed by atoms with Crippen molar-refractivity contribution in [2.24, 2.45) is 0 Å². The highest BCUT2D eigenvalue weighted by atomic mass is 16.2. The molecule has 1 aliphatic carbocycles. The SMILES string of the molecule is O=C(NC1CCCCCCC1)C(=O)N1CCN(C(=O)c2cc3ccccc3[nH]2)CC1. The summed E-state index contributed by atoms with van der Waals surface area (Å²) in [5.41, 5.74) is 1.48. The highest BCUT2D eigenvalue weighted by Crippen LogP contribution is 2.18. The van der Waals surface area contributed by atoms with Crippen LogP contribution in [0.25, 0.3) is 10.9 Å². The maximum atomic E-state index is 12.8. The second kappa shape index (κ2) is 9.32. The summed E-state index contributed by atoms with van der Waals surface area (Å²) in [6.45, 7) is 1.61. The van der Waals surface area contributed by atoms with Gasteiger partial charge in [-0.05, 0) is 25.0 Å². The van der Waals surface area contributed by atoms with Crippen LogP contribution in [-0.2, 0) is 9.59 Å². The van der Waals surface area contributed by atoms with E-state index in [4.69, 9.17) is 0 Å². The number of aromatic nitrogens is 1. The summed E-state index contributed by atoms with van der Waals surface area (Å²) in [6.07, 6.45) is 7.78. The molecule has 1 aliphatic heterocycles. The van der Waals surface area contributed by atoms with Gasteiger partial charge < -0.3 is 20.1 Å². The molecule has 1 saturated heterocycles. The maximum absolute atomic E-state index is 12.8. The van der Waals surface area contributed by atoms with E-state index >= 15 is 0 Å². The fourth-order valence-electron chi connectivity index (χ4n) is 4.46. The fourth-order valence-corrected chi connectivity index (χ4v) is 4.46. The summed E-state index contributed by atoms with van der Waals surface area (Å²) in [5.74, 6) is -1.05. The average molecular weight is 411 g/mol. The zero-order chi connectivity index (χ0) is 20.9. The highest BCUT2D eigenvalue weighted by Gasteiger charge is 2.29. The van der Waals surface area contributed by atoms with Crippen molar-refractivity contribution in [3.05, 3.63) is 36.0 Å². The van der Waals surface area contributed by atoms with Crippen LogP contribution in [0, 0.1) is 0 Å². The van der Waals surface area contributed by atoms with Gasteiger partial charge in [-0.2, -0.15) is 0 Å². The average Bonchev–Trinajstić information content (AvgIpc) is 3.19. The number of H-pyrrole nitrogens is 1. The van der Waals surface area contributed by atoms with Crippen LogP contribution in [-0.4, -0.2) is 64.7 Å². The summed E-state index contributed by atoms with van der Waals surface area (Å²) in [6, 6.07) is 9.74. The van der Waals surface area contributed by atoms with Crippen LogP contribution in [0.3, 0.4) is 0 Å². The molecule has 7 heteroatoms. The molecule has 0 spiro atoms. The molecule has 4 rings (SSSR count). The Balaban J connectivity index is 1.29. The van der Waals surface area contributed by atoms with E-state index in [0.717, 1.165) is 36.6 Å². The number of nitrogens with zero attached hydrogens (tertiary/aromatic N) is 2. The van der Waals surface area contributed by atoms with Crippen molar-refractivity contribution in [3.63, 3.8) is 0 Å². The normalized spacial score (nSPS) is 18.7. The quantitative estimate of drug-likeness (QED) is 0.747. The van der Waals surface area contributed by atoms with Gasteiger partial charge in [0, 0.05) is 43.1 Å². The van der Waals surface area contributed by atoms with Gasteiger partial charge in [-0.15, -0.1) is 0 Å². The molecule has 2 heterocycles. The third-order valence-electron chi connectivity index (χ3n) is 6.25. The van der Waals surface area contributed by atoms with E-state index in [-0.39, 0.29) is 11.9 Å². The van der Waals surface area contributed by atoms with Gasteiger partial charge in [0.2, 0.25) is 0 Å². The smallest absolute Gasteiger partial charge is 0.312 e. The Morgan fingerprint density at radius 1 is 0.867 bits per heavy atom. The van der Waals surface area contributed by atoms with E-state index in [0.29, 0.717) is 31.9 Å². The summed E-state index contributed by atoms with van der Waals surface area (Å²) in [5, 5.41) is 3.94. The summed E-state index contributed by atoms with van der Waals surface area (Å²) >= 11 is 0. The number of piperazine rings is 1. The minimum absolute atomic E-state index is 0.0720. The van der Waals surface area contributed by atoms with E-state index in [1.54, 1.807) is 9.80 Å². The molecule has 0 radical (unpaired) electrons. The number of para-hydroxylation sites is 1. The Kier molecular flexibility index (Phi) is 6.35. The van der Waals surface area contributed by atoms with E-state index < -0.39 is 11.8 Å². The first kappa shape index (κ1) is 20.4. The minimum atomic E-state index is -0.504. The minimum Gasteiger partial charge on any atom is -0.351 e. The second-order valence-corrected chi connectivity index (χ2v) is 8.37. The van der Waals surface area contributed by atoms with Crippen LogP contribution in [0.4, 0.5) is 0 Å². The molecule has 1 aromatic heterocycles. The number of rotatable bonds is 2. The lowest BCUT2D eigenvalue weighted by molar-refractivity contribution is -0.147. The third-order valence-corrected chi connectivity index (χ3v) is 6.25. The Morgan fingerprint density at radius 3 is 2.20 bits per heavy atom. The van der Waals surface area contributed by atoms with Gasteiger partial charge in [0.1, 0.15) is 5.69 Å². The predicted molar refractivity (Wildman–Crippen MR) is 115 cm³/mol. The van der Waals surface area contributed by atoms with Gasteiger partial charge in [-0.3, -0.25) is 14.4 Å². The molecule has 0 bridgehead atoms. The zero-order valence-corrected chi connectivity index (χ0v) is 17.4. The zero-order valence-electron chi connectivity index (χ0n) is 17.4. The molecular weight excluding hydrogens is 380 g/mol. The number of nitrogens with one attached hydrogen (secondary N) is 2. The van der Waals surface area contributed by atoms with E-state index in [9.17, 15) is 14.4 Å². The Hall–Kier alpha value is -2.83. The molecule has 2 fully saturated rings. The molecule has 0 atom stereocenters. The van der Waals surface area contributed by atoms with Crippen LogP contribution in [0.5, 0.6) is 0 Å². The number of amides is 3. The first-order valence-electron chi connectivity index (χ1n) is 11.1. The Morgan fingerprint density at radius 2 is 1.50 bits per heavy atom. The van der Waals surface area contributed by atoms with Crippen LogP contribution < -0.4 is 5.32 Å². The molecule has 1 saturated carbocycles. The van der Waals surface area contributed by atoms with Crippen molar-refractivity contribution in [1.29, 1.82) is 0 Å². The van der Waals surface area contributed by atoms with Gasteiger partial charge in [0.25, 0.3) is 5.91 Å². The number of fused-ring (bicyclic) bond motifs is 1. The molecule has 30 heavy (non-hydrogen) atoms. The molecule has 0 unspecified atom stereocenters. The molecule has 1 aromatic carbocycles. The number of hydrogen-bond donors (Lipinski definition) is 2. The van der Waals surface area contributed by atoms with Crippen LogP contribution in [0.2, 0.25) is 0 Å². The number of carbonyl (C=O) groups excluding carboxylic acids is 3. The Labute approximate surface area is 176 Å². The lowest BCUT2D eigenvalue weighted by atomic mass is 9.97. The van der Waals surface area contributed by atoms with Crippen molar-refractivity contribution >= 4 is 28.6 Å². The Bertz CT molecular complexity index is 873. The van der Waals surface area contributed by atoms with E-state index in [1.807, 2.05) is 30.3 Å². The molecule has 2 N–H and O–H groups in total. The topological polar surface area (TPSA) is 85.5 Å². The predicted octanol–water partition coefficient (Wildman–Crippen LogP) is 2.68. The van der Waals surface area contributed by atoms with E-state index in [1.165, 1.54) is 19.3 Å². The van der Waals surface area contributed by atoms with Crippen molar-refractivity contribution < 1.29 is 14.4 Å². The molecule has 160 valence electrons. The second-order valence-electron chi connectivity index (χ2n) is 8.37. The molecule has 3 amide bonds. The van der Waals surface area contributed by atoms with Crippen molar-refractivity contribution in [2.75, 3.05) is 26.2 Å². The molecular formula is C23H30N4O3. The van der Waals surface area contributed by atoms with E-state index in [2.05, 4.69) is 10.3 Å². The van der Waals surface area contributed by atoms with Gasteiger partial charge >= 0.3 is 11.8 Å². The summed E-state index contributed by atoms with van der Waals surface area (Å²) in [4.78, 5) is 44.3. The largest absolute Gasteiger partial charge is 0.351 e. The molecule has 2 aliphatic rings. The van der Waals surface area contributed by atoms with Crippen molar-refractivity contribution in [2.45, 2.75) is 51.0 Å². The van der Waals surface area contributed by atoms with Crippen molar-refractivity contribution in [3.8, 4) is 0 Å². The number of aromatic amines is 1. The maximum Gasteiger partial charge on any atom is 0.312 e. The van der Waals surface area contributed by atoms with Crippen molar-refractivity contribution in [1.82, 2.24) is 20.1 Å². The highest BCUT2D eigenvalue weighted by molar-refractivity contribution is 6.35. The monoisotopic (exact) mass is 410 g/mol. The standard InChI is InChI=1S/C23H30N4O3/c28-21(24-18-9-4-2-1-3-5-10-18)23(30)27-14-12-26(13-15-27)22(29)20-16-17-8-6-7-11-19(17)25-20/h6-8,11,16,18,25H,1-5,9-10,12-15H2,(H,24,28). The molecule has 7 nitrogen and oxygen atoms in total. The van der Waals surface area contributed by atoms with Crippen LogP contribution in [0.15, 0.2) is 30.3 Å². The lowest BCUT2D eigenvalue weighted by Gasteiger charge is -2.34. The summed E-state index contributed by atoms with van der Waals surface area (Å²) < 4.78 is 0. The lowest BCUT2D eigenvalue weighted by Crippen LogP contribution is -2.54. The summed E-state index contributed by atoms with van der Waals surface area (Å²) in [7, 11) is 0. The fraction of sp³-hybridized carbons (Fsp3) is 0.522. The number of hydrogen-bond acceptors (Lipinski definition) is 3. The van der Waals surface area contributed by atoms with Gasteiger partial charge in [0.15, 0.2) is 0 Å². The number of carbonyl (C=O) groups is 3. The van der Waals surface area contributed by atoms with Gasteiger partial charge in [-0.25, -0.2) is 0 Å². The van der Waals surface area contributed by atoms with Crippen LogP contribution >= 0.6 is 0 Å². The van der Waals surface area contributed by atoms with Gasteiger partial charge in [-0.1, -0.05) is 50.3 Å². The molecule has 2 aromatic rings. The first-order valence-corrected chi connectivity index (χ1v) is 11.1.